The number of nitriles is 1. The summed E-state index contributed by atoms with van der Waals surface area (Å²) < 4.78 is 5.78. The van der Waals surface area contributed by atoms with E-state index in [2.05, 4.69) is 21.9 Å². The quantitative estimate of drug-likeness (QED) is 0.329. The first-order chi connectivity index (χ1) is 16.1. The van der Waals surface area contributed by atoms with Gasteiger partial charge in [0.1, 0.15) is 23.4 Å². The molecule has 8 heteroatoms. The second-order valence-electron chi connectivity index (χ2n) is 7.53. The van der Waals surface area contributed by atoms with E-state index in [0.29, 0.717) is 28.5 Å². The number of benzene rings is 2. The highest BCUT2D eigenvalue weighted by atomic mass is 32.1. The summed E-state index contributed by atoms with van der Waals surface area (Å²) in [5, 5.41) is 16.3. The molecule has 0 aliphatic heterocycles. The summed E-state index contributed by atoms with van der Waals surface area (Å²) in [6.45, 7) is 0.440. The summed E-state index contributed by atoms with van der Waals surface area (Å²) in [5.41, 5.74) is 5.45. The predicted molar refractivity (Wildman–Crippen MR) is 127 cm³/mol. The van der Waals surface area contributed by atoms with Crippen LogP contribution in [0, 0.1) is 11.3 Å². The molecule has 0 bridgehead atoms. The molecular formula is C25H22N4O3S. The summed E-state index contributed by atoms with van der Waals surface area (Å²) in [6.07, 6.45) is 5.26. The first-order valence-electron chi connectivity index (χ1n) is 10.6. The number of hydrazone groups is 1. The molecule has 1 aliphatic rings. The number of nitrogens with zero attached hydrogens (tertiary/aromatic N) is 2. The van der Waals surface area contributed by atoms with E-state index in [1.807, 2.05) is 42.5 Å². The second-order valence-corrected chi connectivity index (χ2v) is 8.63. The molecular weight excluding hydrogens is 436 g/mol. The first kappa shape index (κ1) is 22.2. The topological polar surface area (TPSA) is 104 Å². The van der Waals surface area contributed by atoms with Crippen LogP contribution in [0.5, 0.6) is 5.75 Å². The lowest BCUT2D eigenvalue weighted by atomic mass is 9.96. The zero-order valence-corrected chi connectivity index (χ0v) is 18.7. The SMILES string of the molecule is N#Cc1c(NC(=O)C(=O)N/N=C\c2cccc(OCc3ccccc3)c2)sc2c1CCCC2. The van der Waals surface area contributed by atoms with E-state index in [1.165, 1.54) is 17.6 Å². The van der Waals surface area contributed by atoms with Gasteiger partial charge in [0, 0.05) is 4.88 Å². The minimum absolute atomic E-state index is 0.428. The Morgan fingerprint density at radius 2 is 1.91 bits per heavy atom. The number of anilines is 1. The molecule has 0 fully saturated rings. The molecule has 7 nitrogen and oxygen atoms in total. The third-order valence-electron chi connectivity index (χ3n) is 5.20. The summed E-state index contributed by atoms with van der Waals surface area (Å²) in [6, 6.07) is 19.2. The molecule has 0 radical (unpaired) electrons. The van der Waals surface area contributed by atoms with Crippen LogP contribution in [0.25, 0.3) is 0 Å². The molecule has 2 aromatic carbocycles. The number of carbonyl (C=O) groups excluding carboxylic acids is 2. The van der Waals surface area contributed by atoms with Crippen molar-refractivity contribution in [1.29, 1.82) is 5.26 Å². The molecule has 2 N–H and O–H groups in total. The van der Waals surface area contributed by atoms with Gasteiger partial charge in [-0.15, -0.1) is 11.3 Å². The van der Waals surface area contributed by atoms with Gasteiger partial charge in [0.25, 0.3) is 0 Å². The smallest absolute Gasteiger partial charge is 0.329 e. The number of aryl methyl sites for hydroxylation is 1. The average Bonchev–Trinajstić information content (AvgIpc) is 3.20. The first-order valence-corrected chi connectivity index (χ1v) is 11.4. The number of hydrogen-bond donors (Lipinski definition) is 2. The minimum atomic E-state index is -0.905. The Labute approximate surface area is 195 Å². The third kappa shape index (κ3) is 5.64. The third-order valence-corrected chi connectivity index (χ3v) is 6.41. The lowest BCUT2D eigenvalue weighted by Gasteiger charge is -2.09. The summed E-state index contributed by atoms with van der Waals surface area (Å²) >= 11 is 1.37. The van der Waals surface area contributed by atoms with E-state index >= 15 is 0 Å². The predicted octanol–water partition coefficient (Wildman–Crippen LogP) is 4.17. The van der Waals surface area contributed by atoms with Crippen molar-refractivity contribution in [1.82, 2.24) is 5.43 Å². The molecule has 166 valence electrons. The molecule has 0 unspecified atom stereocenters. The van der Waals surface area contributed by atoms with Crippen molar-refractivity contribution in [3.05, 3.63) is 81.7 Å². The number of rotatable bonds is 6. The van der Waals surface area contributed by atoms with Crippen LogP contribution < -0.4 is 15.5 Å². The molecule has 1 aliphatic carbocycles. The Morgan fingerprint density at radius 1 is 1.09 bits per heavy atom. The van der Waals surface area contributed by atoms with E-state index in [0.717, 1.165) is 41.7 Å². The van der Waals surface area contributed by atoms with Crippen LogP contribution in [0.15, 0.2) is 59.7 Å². The van der Waals surface area contributed by atoms with Crippen molar-refractivity contribution >= 4 is 34.4 Å². The van der Waals surface area contributed by atoms with Crippen molar-refractivity contribution in [2.45, 2.75) is 32.3 Å². The number of amides is 2. The molecule has 0 saturated carbocycles. The molecule has 1 heterocycles. The van der Waals surface area contributed by atoms with Gasteiger partial charge >= 0.3 is 11.8 Å². The van der Waals surface area contributed by atoms with Crippen LogP contribution in [0.1, 0.15) is 40.0 Å². The Kier molecular flexibility index (Phi) is 7.12. The van der Waals surface area contributed by atoms with Gasteiger partial charge in [0.2, 0.25) is 0 Å². The number of ether oxygens (including phenoxy) is 1. The summed E-state index contributed by atoms with van der Waals surface area (Å²) in [4.78, 5) is 25.6. The molecule has 0 spiro atoms. The largest absolute Gasteiger partial charge is 0.489 e. The molecule has 33 heavy (non-hydrogen) atoms. The Balaban J connectivity index is 1.32. The second kappa shape index (κ2) is 10.6. The fraction of sp³-hybridized carbons (Fsp3) is 0.200. The lowest BCUT2D eigenvalue weighted by Crippen LogP contribution is -2.32. The van der Waals surface area contributed by atoms with Crippen molar-refractivity contribution in [3.63, 3.8) is 0 Å². The number of fused-ring (bicyclic) bond motifs is 1. The Bertz CT molecular complexity index is 1230. The van der Waals surface area contributed by atoms with Gasteiger partial charge in [-0.3, -0.25) is 9.59 Å². The van der Waals surface area contributed by atoms with E-state index in [9.17, 15) is 14.9 Å². The highest BCUT2D eigenvalue weighted by Crippen LogP contribution is 2.37. The van der Waals surface area contributed by atoms with Crippen LogP contribution >= 0.6 is 11.3 Å². The van der Waals surface area contributed by atoms with Crippen LogP contribution in [0.4, 0.5) is 5.00 Å². The Morgan fingerprint density at radius 3 is 2.73 bits per heavy atom. The molecule has 2 amide bonds. The Hall–Kier alpha value is -3.96. The number of nitrogens with one attached hydrogen (secondary N) is 2. The minimum Gasteiger partial charge on any atom is -0.489 e. The van der Waals surface area contributed by atoms with Crippen molar-refractivity contribution in [2.75, 3.05) is 5.32 Å². The summed E-state index contributed by atoms with van der Waals surface area (Å²) in [5.74, 6) is -1.10. The van der Waals surface area contributed by atoms with Crippen LogP contribution in [0.3, 0.4) is 0 Å². The maximum absolute atomic E-state index is 12.3. The molecule has 1 aromatic heterocycles. The highest BCUT2D eigenvalue weighted by Gasteiger charge is 2.23. The van der Waals surface area contributed by atoms with E-state index in [4.69, 9.17) is 4.74 Å². The fourth-order valence-electron chi connectivity index (χ4n) is 3.57. The maximum Gasteiger partial charge on any atom is 0.329 e. The van der Waals surface area contributed by atoms with Crippen LogP contribution in [0.2, 0.25) is 0 Å². The molecule has 4 rings (SSSR count). The van der Waals surface area contributed by atoms with Gasteiger partial charge in [0.15, 0.2) is 0 Å². The maximum atomic E-state index is 12.3. The molecule has 0 saturated heterocycles. The van der Waals surface area contributed by atoms with Gasteiger partial charge in [-0.1, -0.05) is 42.5 Å². The molecule has 3 aromatic rings. The normalized spacial score (nSPS) is 12.6. The van der Waals surface area contributed by atoms with Crippen LogP contribution in [-0.2, 0) is 29.0 Å². The van der Waals surface area contributed by atoms with Gasteiger partial charge in [0.05, 0.1) is 11.8 Å². The van der Waals surface area contributed by atoms with Gasteiger partial charge in [-0.25, -0.2) is 5.43 Å². The lowest BCUT2D eigenvalue weighted by molar-refractivity contribution is -0.136. The van der Waals surface area contributed by atoms with E-state index in [-0.39, 0.29) is 0 Å². The number of hydrogen-bond acceptors (Lipinski definition) is 6. The van der Waals surface area contributed by atoms with Gasteiger partial charge in [-0.2, -0.15) is 10.4 Å². The standard InChI is InChI=1S/C25H22N4O3S/c26-14-21-20-11-4-5-12-22(20)33-25(21)28-23(30)24(31)29-27-15-18-9-6-10-19(13-18)32-16-17-7-2-1-3-8-17/h1-3,6-10,13,15H,4-5,11-12,16H2,(H,28,30)(H,29,31)/b27-15-. The van der Waals surface area contributed by atoms with Gasteiger partial charge < -0.3 is 10.1 Å². The van der Waals surface area contributed by atoms with E-state index in [1.54, 1.807) is 12.1 Å². The van der Waals surface area contributed by atoms with Crippen molar-refractivity contribution in [2.24, 2.45) is 5.10 Å². The zero-order valence-electron chi connectivity index (χ0n) is 17.8. The number of thiophene rings is 1. The van der Waals surface area contributed by atoms with Crippen molar-refractivity contribution < 1.29 is 14.3 Å². The molecule has 0 atom stereocenters. The van der Waals surface area contributed by atoms with Crippen molar-refractivity contribution in [3.8, 4) is 11.8 Å². The van der Waals surface area contributed by atoms with Gasteiger partial charge in [-0.05, 0) is 54.5 Å². The highest BCUT2D eigenvalue weighted by molar-refractivity contribution is 7.16. The van der Waals surface area contributed by atoms with E-state index < -0.39 is 11.8 Å². The average molecular weight is 459 g/mol. The number of carbonyl (C=O) groups is 2. The van der Waals surface area contributed by atoms with Crippen LogP contribution in [-0.4, -0.2) is 18.0 Å². The summed E-state index contributed by atoms with van der Waals surface area (Å²) in [7, 11) is 0. The zero-order chi connectivity index (χ0) is 23.0. The monoisotopic (exact) mass is 458 g/mol. The fourth-order valence-corrected chi connectivity index (χ4v) is 4.81.